The highest BCUT2D eigenvalue weighted by molar-refractivity contribution is 8.00. The molecule has 152 valence electrons. The van der Waals surface area contributed by atoms with E-state index in [-0.39, 0.29) is 35.6 Å². The number of thioether (sulfide) groups is 1. The molecule has 0 aromatic heterocycles. The molecule has 28 heavy (non-hydrogen) atoms. The normalized spacial score (nSPS) is 31.2. The van der Waals surface area contributed by atoms with E-state index < -0.39 is 0 Å². The Morgan fingerprint density at radius 1 is 1.11 bits per heavy atom. The van der Waals surface area contributed by atoms with Crippen LogP contribution in [0.5, 0.6) is 5.75 Å². The van der Waals surface area contributed by atoms with Gasteiger partial charge in [-0.25, -0.2) is 4.79 Å². The van der Waals surface area contributed by atoms with Gasteiger partial charge in [-0.2, -0.15) is 0 Å². The fourth-order valence-electron chi connectivity index (χ4n) is 4.49. The van der Waals surface area contributed by atoms with Gasteiger partial charge >= 0.3 is 6.03 Å². The molecule has 1 aromatic rings. The molecule has 4 atom stereocenters. The van der Waals surface area contributed by atoms with Crippen molar-refractivity contribution >= 4 is 23.7 Å². The molecule has 3 aliphatic rings. The molecule has 2 aliphatic heterocycles. The van der Waals surface area contributed by atoms with Crippen LogP contribution in [0, 0.1) is 5.92 Å². The Labute approximate surface area is 170 Å². The summed E-state index contributed by atoms with van der Waals surface area (Å²) in [4.78, 5) is 28.5. The van der Waals surface area contributed by atoms with Gasteiger partial charge < -0.3 is 9.64 Å². The van der Waals surface area contributed by atoms with E-state index in [1.54, 1.807) is 26.1 Å². The van der Waals surface area contributed by atoms with E-state index in [9.17, 15) is 9.59 Å². The number of para-hydroxylation sites is 1. The van der Waals surface area contributed by atoms with E-state index in [1.807, 2.05) is 36.0 Å². The van der Waals surface area contributed by atoms with Crippen molar-refractivity contribution in [3.05, 3.63) is 29.8 Å². The van der Waals surface area contributed by atoms with E-state index in [0.717, 1.165) is 11.3 Å². The zero-order valence-corrected chi connectivity index (χ0v) is 17.4. The van der Waals surface area contributed by atoms with Crippen LogP contribution >= 0.6 is 11.8 Å². The number of benzene rings is 1. The first-order chi connectivity index (χ1) is 13.5. The molecular weight excluding hydrogens is 376 g/mol. The average molecular weight is 405 g/mol. The summed E-state index contributed by atoms with van der Waals surface area (Å²) in [5.41, 5.74) is 0.979. The topological polar surface area (TPSA) is 73.9 Å². The van der Waals surface area contributed by atoms with Gasteiger partial charge in [-0.3, -0.25) is 20.3 Å². The molecule has 2 saturated heterocycles. The van der Waals surface area contributed by atoms with Crippen LogP contribution in [0.25, 0.3) is 0 Å². The summed E-state index contributed by atoms with van der Waals surface area (Å²) in [6, 6.07) is 7.58. The van der Waals surface area contributed by atoms with E-state index >= 15 is 0 Å². The first-order valence-corrected chi connectivity index (χ1v) is 10.8. The number of methoxy groups -OCH3 is 1. The number of hydrogen-bond acceptors (Lipinski definition) is 6. The minimum absolute atomic E-state index is 0.0743. The molecule has 0 bridgehead atoms. The van der Waals surface area contributed by atoms with Crippen LogP contribution in [0.2, 0.25) is 0 Å². The number of ether oxygens (including phenoxy) is 1. The van der Waals surface area contributed by atoms with E-state index in [1.165, 1.54) is 30.6 Å². The number of urea groups is 1. The molecule has 3 fully saturated rings. The number of nitrogens with zero attached hydrogens (tertiary/aromatic N) is 2. The van der Waals surface area contributed by atoms with Crippen molar-refractivity contribution in [1.29, 1.82) is 0 Å². The summed E-state index contributed by atoms with van der Waals surface area (Å²) in [6.07, 6.45) is 4.31. The Kier molecular flexibility index (Phi) is 5.53. The highest BCUT2D eigenvalue weighted by Crippen LogP contribution is 2.40. The maximum absolute atomic E-state index is 13.0. The van der Waals surface area contributed by atoms with Crippen LogP contribution in [0.1, 0.15) is 37.4 Å². The fourth-order valence-corrected chi connectivity index (χ4v) is 6.16. The summed E-state index contributed by atoms with van der Waals surface area (Å²) in [7, 11) is 4.99. The zero-order chi connectivity index (χ0) is 19.8. The number of hydrogen-bond donors (Lipinski definition) is 2. The van der Waals surface area contributed by atoms with E-state index in [0.29, 0.717) is 5.25 Å². The zero-order valence-electron chi connectivity index (χ0n) is 16.6. The minimum Gasteiger partial charge on any atom is -0.496 e. The van der Waals surface area contributed by atoms with Crippen molar-refractivity contribution in [2.75, 3.05) is 21.2 Å². The van der Waals surface area contributed by atoms with Gasteiger partial charge in [0.25, 0.3) is 0 Å². The predicted octanol–water partition coefficient (Wildman–Crippen LogP) is 2.35. The van der Waals surface area contributed by atoms with Gasteiger partial charge in [-0.05, 0) is 18.9 Å². The van der Waals surface area contributed by atoms with Crippen molar-refractivity contribution in [3.63, 3.8) is 0 Å². The van der Waals surface area contributed by atoms with Crippen molar-refractivity contribution in [2.45, 2.75) is 48.6 Å². The monoisotopic (exact) mass is 404 g/mol. The summed E-state index contributed by atoms with van der Waals surface area (Å²) < 4.78 is 5.55. The maximum Gasteiger partial charge on any atom is 0.327 e. The van der Waals surface area contributed by atoms with Crippen molar-refractivity contribution in [2.24, 2.45) is 5.92 Å². The maximum atomic E-state index is 13.0. The lowest BCUT2D eigenvalue weighted by Gasteiger charge is -2.50. The molecule has 7 nitrogen and oxygen atoms in total. The fraction of sp³-hybridized carbons (Fsp3) is 0.600. The van der Waals surface area contributed by atoms with Gasteiger partial charge in [0.2, 0.25) is 5.91 Å². The van der Waals surface area contributed by atoms with Gasteiger partial charge in [0.15, 0.2) is 0 Å². The highest BCUT2D eigenvalue weighted by atomic mass is 32.2. The third kappa shape index (κ3) is 3.38. The van der Waals surface area contributed by atoms with Crippen LogP contribution in [0.3, 0.4) is 0 Å². The Morgan fingerprint density at radius 3 is 2.54 bits per heavy atom. The Morgan fingerprint density at radius 2 is 1.82 bits per heavy atom. The summed E-state index contributed by atoms with van der Waals surface area (Å²) in [6.45, 7) is 0. The smallest absolute Gasteiger partial charge is 0.327 e. The number of carbonyl (C=O) groups excluding carboxylic acids is 2. The molecule has 1 saturated carbocycles. The summed E-state index contributed by atoms with van der Waals surface area (Å²) in [5, 5.41) is 7.61. The van der Waals surface area contributed by atoms with Crippen molar-refractivity contribution in [1.82, 2.24) is 20.4 Å². The first-order valence-electron chi connectivity index (χ1n) is 9.86. The number of amides is 3. The van der Waals surface area contributed by atoms with Crippen molar-refractivity contribution < 1.29 is 14.3 Å². The molecule has 4 unspecified atom stereocenters. The first kappa shape index (κ1) is 19.5. The van der Waals surface area contributed by atoms with E-state index in [4.69, 9.17) is 4.74 Å². The second-order valence-electron chi connectivity index (χ2n) is 7.73. The van der Waals surface area contributed by atoms with Gasteiger partial charge in [0, 0.05) is 24.9 Å². The minimum atomic E-state index is -0.355. The lowest BCUT2D eigenvalue weighted by atomic mass is 9.95. The lowest BCUT2D eigenvalue weighted by molar-refractivity contribution is -0.140. The SMILES string of the molecule is COc1ccccc1C1NC(SC2CCCC2)C2C(=O)N(C)C(=O)N(C)C2N1. The van der Waals surface area contributed by atoms with E-state index in [2.05, 4.69) is 10.6 Å². The third-order valence-corrected chi connectivity index (χ3v) is 7.63. The molecule has 8 heteroatoms. The number of fused-ring (bicyclic) bond motifs is 1. The Bertz CT molecular complexity index is 755. The largest absolute Gasteiger partial charge is 0.496 e. The Balaban J connectivity index is 1.67. The molecule has 1 aliphatic carbocycles. The molecule has 1 aromatic carbocycles. The Hall–Kier alpha value is -1.77. The third-order valence-electron chi connectivity index (χ3n) is 6.05. The number of carbonyl (C=O) groups is 2. The number of nitrogens with one attached hydrogen (secondary N) is 2. The van der Waals surface area contributed by atoms with Crippen LogP contribution in [-0.4, -0.2) is 59.7 Å². The number of imide groups is 1. The van der Waals surface area contributed by atoms with Crippen LogP contribution in [0.4, 0.5) is 4.79 Å². The molecule has 3 amide bonds. The highest BCUT2D eigenvalue weighted by Gasteiger charge is 2.51. The van der Waals surface area contributed by atoms with Crippen LogP contribution in [-0.2, 0) is 4.79 Å². The molecule has 4 rings (SSSR count). The summed E-state index contributed by atoms with van der Waals surface area (Å²) in [5.74, 6) is 0.329. The average Bonchev–Trinajstić information content (AvgIpc) is 3.23. The lowest BCUT2D eigenvalue weighted by Crippen LogP contribution is -2.72. The van der Waals surface area contributed by atoms with Gasteiger partial charge in [0.05, 0.1) is 30.7 Å². The standard InChI is InChI=1S/C20H28N4O3S/c1-23-17-15(19(25)24(2)20(23)26)18(28-12-8-4-5-9-12)22-16(21-17)13-10-6-7-11-14(13)27-3/h6-7,10-12,15-18,21-22H,4-5,8-9H2,1-3H3. The molecule has 0 radical (unpaired) electrons. The second-order valence-corrected chi connectivity index (χ2v) is 9.18. The van der Waals surface area contributed by atoms with Crippen LogP contribution < -0.4 is 15.4 Å². The van der Waals surface area contributed by atoms with Crippen LogP contribution in [0.15, 0.2) is 24.3 Å². The van der Waals surface area contributed by atoms with Gasteiger partial charge in [-0.1, -0.05) is 31.0 Å². The number of rotatable bonds is 4. The quantitative estimate of drug-likeness (QED) is 0.803. The molecule has 0 spiro atoms. The summed E-state index contributed by atoms with van der Waals surface area (Å²) >= 11 is 1.86. The van der Waals surface area contributed by atoms with Gasteiger partial charge in [0.1, 0.15) is 5.75 Å². The molecular formula is C20H28N4O3S. The van der Waals surface area contributed by atoms with Gasteiger partial charge in [-0.15, -0.1) is 11.8 Å². The molecule has 2 heterocycles. The predicted molar refractivity (Wildman–Crippen MR) is 109 cm³/mol. The molecule has 2 N–H and O–H groups in total. The second kappa shape index (κ2) is 7.93. The van der Waals surface area contributed by atoms with Crippen molar-refractivity contribution in [3.8, 4) is 5.75 Å².